The molecule has 0 spiro atoms. The van der Waals surface area contributed by atoms with Crippen LogP contribution in [0.1, 0.15) is 40.5 Å². The minimum absolute atomic E-state index is 0.0690. The molecule has 5 nitrogen and oxygen atoms in total. The number of nitro benzene ring substituents is 1. The summed E-state index contributed by atoms with van der Waals surface area (Å²) >= 11 is 0. The highest BCUT2D eigenvalue weighted by atomic mass is 16.6. The average Bonchev–Trinajstić information content (AvgIpc) is 2.35. The van der Waals surface area contributed by atoms with E-state index in [9.17, 15) is 10.1 Å². The topological polar surface area (TPSA) is 67.5 Å². The number of nitrogens with one attached hydrogen (secondary N) is 1. The summed E-state index contributed by atoms with van der Waals surface area (Å²) in [5, 5.41) is 15.1. The van der Waals surface area contributed by atoms with Gasteiger partial charge in [0, 0.05) is 17.8 Å². The molecule has 0 aliphatic rings. The zero-order chi connectivity index (χ0) is 15.1. The number of nitro groups is 1. The van der Waals surface area contributed by atoms with Crippen LogP contribution in [0.2, 0.25) is 0 Å². The van der Waals surface area contributed by atoms with Gasteiger partial charge in [0.05, 0.1) is 10.6 Å². The van der Waals surface area contributed by atoms with E-state index in [1.807, 2.05) is 0 Å². The Balaban J connectivity index is 2.80. The Bertz CT molecular complexity index is 470. The molecule has 0 saturated heterocycles. The van der Waals surface area contributed by atoms with Crippen molar-refractivity contribution in [3.8, 4) is 0 Å². The van der Waals surface area contributed by atoms with E-state index in [0.29, 0.717) is 17.5 Å². The van der Waals surface area contributed by atoms with Gasteiger partial charge in [-0.25, -0.2) is 0 Å². The normalized spacial score (nSPS) is 10.7. The van der Waals surface area contributed by atoms with Crippen LogP contribution in [0.4, 0.5) is 11.4 Å². The first-order chi connectivity index (χ1) is 9.38. The maximum atomic E-state index is 10.7. The molecule has 20 heavy (non-hydrogen) atoms. The lowest BCUT2D eigenvalue weighted by atomic mass is 9.99. The first kappa shape index (κ1) is 16.1. The van der Waals surface area contributed by atoms with Crippen molar-refractivity contribution in [3.05, 3.63) is 34.4 Å². The maximum Gasteiger partial charge on any atom is 0.271 e. The molecule has 5 heteroatoms. The van der Waals surface area contributed by atoms with E-state index in [1.165, 1.54) is 12.1 Å². The fourth-order valence-electron chi connectivity index (χ4n) is 1.95. The molecular weight excluding hydrogens is 254 g/mol. The second kappa shape index (κ2) is 7.62. The zero-order valence-corrected chi connectivity index (χ0v) is 12.6. The van der Waals surface area contributed by atoms with Crippen LogP contribution < -0.4 is 5.43 Å². The molecule has 1 rings (SSSR count). The van der Waals surface area contributed by atoms with Gasteiger partial charge in [-0.2, -0.15) is 5.10 Å². The number of benzene rings is 1. The first-order valence-corrected chi connectivity index (χ1v) is 6.94. The van der Waals surface area contributed by atoms with E-state index < -0.39 is 4.92 Å². The average molecular weight is 277 g/mol. The molecule has 1 N–H and O–H groups in total. The minimum atomic E-state index is -0.405. The van der Waals surface area contributed by atoms with E-state index in [1.54, 1.807) is 12.1 Å². The monoisotopic (exact) mass is 277 g/mol. The largest absolute Gasteiger partial charge is 0.278 e. The zero-order valence-electron chi connectivity index (χ0n) is 12.6. The summed E-state index contributed by atoms with van der Waals surface area (Å²) in [5.41, 5.74) is 4.74. The van der Waals surface area contributed by atoms with Gasteiger partial charge < -0.3 is 0 Å². The lowest BCUT2D eigenvalue weighted by Gasteiger charge is -2.12. The van der Waals surface area contributed by atoms with Crippen molar-refractivity contribution in [1.82, 2.24) is 0 Å². The molecule has 0 aliphatic heterocycles. The van der Waals surface area contributed by atoms with E-state index in [4.69, 9.17) is 0 Å². The Morgan fingerprint density at radius 2 is 1.85 bits per heavy atom. The highest BCUT2D eigenvalue weighted by Crippen LogP contribution is 2.18. The predicted molar refractivity (Wildman–Crippen MR) is 83.1 cm³/mol. The summed E-state index contributed by atoms with van der Waals surface area (Å²) in [6.45, 7) is 8.62. The number of hydrazone groups is 1. The second-order valence-corrected chi connectivity index (χ2v) is 5.79. The first-order valence-electron chi connectivity index (χ1n) is 6.94. The Morgan fingerprint density at radius 3 is 2.35 bits per heavy atom. The van der Waals surface area contributed by atoms with Crippen molar-refractivity contribution >= 4 is 17.1 Å². The Hall–Kier alpha value is -1.91. The van der Waals surface area contributed by atoms with Gasteiger partial charge in [0.25, 0.3) is 5.69 Å². The van der Waals surface area contributed by atoms with E-state index >= 15 is 0 Å². The minimum Gasteiger partial charge on any atom is -0.278 e. The van der Waals surface area contributed by atoms with Crippen LogP contribution in [0.15, 0.2) is 29.4 Å². The molecule has 0 unspecified atom stereocenters. The van der Waals surface area contributed by atoms with Crippen LogP contribution in [0.5, 0.6) is 0 Å². The number of non-ortho nitro benzene ring substituents is 1. The molecule has 0 radical (unpaired) electrons. The van der Waals surface area contributed by atoms with Crippen molar-refractivity contribution < 1.29 is 4.92 Å². The second-order valence-electron chi connectivity index (χ2n) is 5.79. The summed E-state index contributed by atoms with van der Waals surface area (Å²) in [6.07, 6.45) is 1.86. The third kappa shape index (κ3) is 5.82. The molecule has 0 fully saturated rings. The Morgan fingerprint density at radius 1 is 1.25 bits per heavy atom. The molecule has 0 heterocycles. The fraction of sp³-hybridized carbons (Fsp3) is 0.533. The van der Waals surface area contributed by atoms with Gasteiger partial charge in [0.15, 0.2) is 0 Å². The smallest absolute Gasteiger partial charge is 0.271 e. The summed E-state index contributed by atoms with van der Waals surface area (Å²) < 4.78 is 0. The van der Waals surface area contributed by atoms with E-state index in [2.05, 4.69) is 38.2 Å². The number of rotatable bonds is 7. The molecule has 0 aliphatic carbocycles. The van der Waals surface area contributed by atoms with Crippen LogP contribution in [-0.4, -0.2) is 10.6 Å². The van der Waals surface area contributed by atoms with Crippen LogP contribution >= 0.6 is 0 Å². The van der Waals surface area contributed by atoms with Gasteiger partial charge in [-0.05, 0) is 30.7 Å². The molecule has 0 aromatic heterocycles. The van der Waals surface area contributed by atoms with Crippen molar-refractivity contribution in [2.45, 2.75) is 40.5 Å². The maximum absolute atomic E-state index is 10.7. The lowest BCUT2D eigenvalue weighted by Crippen LogP contribution is -2.09. The van der Waals surface area contributed by atoms with Crippen LogP contribution in [-0.2, 0) is 0 Å². The molecule has 0 saturated carbocycles. The molecule has 0 amide bonds. The van der Waals surface area contributed by atoms with Gasteiger partial charge in [-0.15, -0.1) is 0 Å². The summed E-state index contributed by atoms with van der Waals surface area (Å²) in [6, 6.07) is 6.39. The fourth-order valence-corrected chi connectivity index (χ4v) is 1.95. The predicted octanol–water partition coefficient (Wildman–Crippen LogP) is 4.45. The molecule has 1 aromatic carbocycles. The third-order valence-corrected chi connectivity index (χ3v) is 2.69. The van der Waals surface area contributed by atoms with Crippen molar-refractivity contribution in [3.63, 3.8) is 0 Å². The SMILES string of the molecule is CC(C)CC(CC(C)C)=NNc1cccc([N+](=O)[O-])c1. The molecule has 0 bridgehead atoms. The van der Waals surface area contributed by atoms with Crippen LogP contribution in [0.3, 0.4) is 0 Å². The number of hydrogen-bond donors (Lipinski definition) is 1. The number of hydrogen-bond acceptors (Lipinski definition) is 4. The standard InChI is InChI=1S/C15H23N3O2/c1-11(2)8-14(9-12(3)4)17-16-13-6-5-7-15(10-13)18(19)20/h5-7,10-12,16H,8-9H2,1-4H3. The summed E-state index contributed by atoms with van der Waals surface area (Å²) in [7, 11) is 0. The number of nitrogens with zero attached hydrogens (tertiary/aromatic N) is 2. The van der Waals surface area contributed by atoms with E-state index in [0.717, 1.165) is 18.6 Å². The van der Waals surface area contributed by atoms with Crippen LogP contribution in [0, 0.1) is 22.0 Å². The van der Waals surface area contributed by atoms with Crippen LogP contribution in [0.25, 0.3) is 0 Å². The quantitative estimate of drug-likeness (QED) is 0.454. The lowest BCUT2D eigenvalue weighted by molar-refractivity contribution is -0.384. The Labute approximate surface area is 120 Å². The molecule has 1 aromatic rings. The Kier molecular flexibility index (Phi) is 6.15. The molecular formula is C15H23N3O2. The van der Waals surface area contributed by atoms with Crippen molar-refractivity contribution in [2.75, 3.05) is 5.43 Å². The van der Waals surface area contributed by atoms with Crippen molar-refractivity contribution in [2.24, 2.45) is 16.9 Å². The van der Waals surface area contributed by atoms with E-state index in [-0.39, 0.29) is 5.69 Å². The summed E-state index contributed by atoms with van der Waals surface area (Å²) in [5.74, 6) is 1.08. The van der Waals surface area contributed by atoms with Gasteiger partial charge in [-0.1, -0.05) is 33.8 Å². The molecule has 0 atom stereocenters. The molecule has 110 valence electrons. The highest BCUT2D eigenvalue weighted by molar-refractivity contribution is 5.85. The van der Waals surface area contributed by atoms with Gasteiger partial charge in [-0.3, -0.25) is 15.5 Å². The van der Waals surface area contributed by atoms with Crippen molar-refractivity contribution in [1.29, 1.82) is 0 Å². The summed E-state index contributed by atoms with van der Waals surface area (Å²) in [4.78, 5) is 10.3. The van der Waals surface area contributed by atoms with Gasteiger partial charge in [0.2, 0.25) is 0 Å². The third-order valence-electron chi connectivity index (χ3n) is 2.69. The highest BCUT2D eigenvalue weighted by Gasteiger charge is 2.08. The van der Waals surface area contributed by atoms with Gasteiger partial charge in [0.1, 0.15) is 0 Å². The number of anilines is 1. The van der Waals surface area contributed by atoms with Gasteiger partial charge >= 0.3 is 0 Å².